The highest BCUT2D eigenvalue weighted by Gasteiger charge is 2.19. The first kappa shape index (κ1) is 22.1. The van der Waals surface area contributed by atoms with Crippen LogP contribution in [0.25, 0.3) is 11.2 Å². The summed E-state index contributed by atoms with van der Waals surface area (Å²) in [6.45, 7) is 5.33. The third-order valence-electron chi connectivity index (χ3n) is 4.84. The van der Waals surface area contributed by atoms with E-state index in [2.05, 4.69) is 58.1 Å². The van der Waals surface area contributed by atoms with Crippen molar-refractivity contribution in [1.29, 1.82) is 0 Å². The number of halogens is 1. The standard InChI is InChI=1S/C20H28IN6OS/c1-5-10-27(2,3)11-6-9-26-19-17(18(22)23-13-24-19)25-20(26)29-16-12-14(28-4)7-8-15(16)21/h7-8,12-13H,5-6,9-11H2,1-4H3,(H2,22,23,24)/q+1. The summed E-state index contributed by atoms with van der Waals surface area (Å²) in [7, 11) is 6.24. The molecule has 9 heteroatoms. The van der Waals surface area contributed by atoms with Gasteiger partial charge in [-0.1, -0.05) is 18.7 Å². The summed E-state index contributed by atoms with van der Waals surface area (Å²) in [5.74, 6) is 1.24. The van der Waals surface area contributed by atoms with Crippen LogP contribution in [-0.4, -0.2) is 58.3 Å². The minimum Gasteiger partial charge on any atom is -0.497 e. The van der Waals surface area contributed by atoms with Crippen molar-refractivity contribution in [1.82, 2.24) is 19.5 Å². The molecule has 156 valence electrons. The lowest BCUT2D eigenvalue weighted by molar-refractivity contribution is -0.890. The van der Waals surface area contributed by atoms with Gasteiger partial charge in [0.1, 0.15) is 12.1 Å². The normalized spacial score (nSPS) is 11.9. The molecule has 0 fully saturated rings. The summed E-state index contributed by atoms with van der Waals surface area (Å²) in [4.78, 5) is 14.5. The van der Waals surface area contributed by atoms with E-state index in [0.717, 1.165) is 49.0 Å². The van der Waals surface area contributed by atoms with Gasteiger partial charge in [-0.2, -0.15) is 0 Å². The highest BCUT2D eigenvalue weighted by molar-refractivity contribution is 14.1. The Morgan fingerprint density at radius 3 is 2.76 bits per heavy atom. The van der Waals surface area contributed by atoms with E-state index in [9.17, 15) is 0 Å². The molecule has 0 aliphatic carbocycles. The van der Waals surface area contributed by atoms with Gasteiger partial charge < -0.3 is 19.5 Å². The van der Waals surface area contributed by atoms with Crippen molar-refractivity contribution in [2.45, 2.75) is 36.4 Å². The maximum atomic E-state index is 6.08. The first-order valence-electron chi connectivity index (χ1n) is 9.64. The molecule has 0 atom stereocenters. The third-order valence-corrected chi connectivity index (χ3v) is 7.20. The molecule has 0 unspecified atom stereocenters. The fraction of sp³-hybridized carbons (Fsp3) is 0.450. The Hall–Kier alpha value is -1.59. The Bertz CT molecular complexity index is 991. The van der Waals surface area contributed by atoms with Crippen LogP contribution in [0.4, 0.5) is 5.82 Å². The molecule has 29 heavy (non-hydrogen) atoms. The Morgan fingerprint density at radius 2 is 2.03 bits per heavy atom. The van der Waals surface area contributed by atoms with Crippen LogP contribution in [0.5, 0.6) is 5.75 Å². The molecule has 7 nitrogen and oxygen atoms in total. The summed E-state index contributed by atoms with van der Waals surface area (Å²) in [6, 6.07) is 6.05. The first-order chi connectivity index (χ1) is 13.8. The highest BCUT2D eigenvalue weighted by Crippen LogP contribution is 2.35. The van der Waals surface area contributed by atoms with Crippen molar-refractivity contribution < 1.29 is 9.22 Å². The average Bonchev–Trinajstić information content (AvgIpc) is 3.02. The molecular weight excluding hydrogens is 499 g/mol. The van der Waals surface area contributed by atoms with Gasteiger partial charge in [-0.15, -0.1) is 0 Å². The Balaban J connectivity index is 1.92. The SMILES string of the molecule is CCC[N+](C)(C)CCCn1c(Sc2cc(OC)ccc2I)nc2c(N)ncnc21. The van der Waals surface area contributed by atoms with E-state index >= 15 is 0 Å². The van der Waals surface area contributed by atoms with Crippen molar-refractivity contribution in [3.05, 3.63) is 28.1 Å². The van der Waals surface area contributed by atoms with E-state index in [4.69, 9.17) is 15.5 Å². The monoisotopic (exact) mass is 527 g/mol. The van der Waals surface area contributed by atoms with Gasteiger partial charge in [0.2, 0.25) is 0 Å². The van der Waals surface area contributed by atoms with Crippen molar-refractivity contribution in [3.63, 3.8) is 0 Å². The first-order valence-corrected chi connectivity index (χ1v) is 11.5. The number of nitrogen functional groups attached to an aromatic ring is 1. The lowest BCUT2D eigenvalue weighted by Gasteiger charge is -2.29. The fourth-order valence-corrected chi connectivity index (χ4v) is 5.00. The Morgan fingerprint density at radius 1 is 1.24 bits per heavy atom. The van der Waals surface area contributed by atoms with E-state index in [1.165, 1.54) is 19.3 Å². The van der Waals surface area contributed by atoms with Gasteiger partial charge in [0, 0.05) is 21.4 Å². The molecule has 3 rings (SSSR count). The summed E-state index contributed by atoms with van der Waals surface area (Å²) in [5, 5.41) is 0.874. The number of benzene rings is 1. The molecule has 3 aromatic rings. The van der Waals surface area contributed by atoms with Crippen LogP contribution < -0.4 is 10.5 Å². The van der Waals surface area contributed by atoms with Gasteiger partial charge in [0.15, 0.2) is 22.1 Å². The molecule has 2 heterocycles. The number of ether oxygens (including phenoxy) is 1. The molecule has 0 bridgehead atoms. The van der Waals surface area contributed by atoms with Crippen molar-refractivity contribution in [2.24, 2.45) is 0 Å². The number of anilines is 1. The lowest BCUT2D eigenvalue weighted by Crippen LogP contribution is -2.41. The van der Waals surface area contributed by atoms with E-state index in [0.29, 0.717) is 11.3 Å². The molecule has 0 saturated carbocycles. The zero-order valence-corrected chi connectivity index (χ0v) is 20.3. The van der Waals surface area contributed by atoms with Crippen LogP contribution in [0.2, 0.25) is 0 Å². The molecular formula is C20H28IN6OS+. The minimum absolute atomic E-state index is 0.415. The molecule has 0 radical (unpaired) electrons. The average molecular weight is 527 g/mol. The maximum absolute atomic E-state index is 6.08. The molecule has 0 aliphatic rings. The van der Waals surface area contributed by atoms with Crippen LogP contribution >= 0.6 is 34.4 Å². The quantitative estimate of drug-likeness (QED) is 0.334. The predicted molar refractivity (Wildman–Crippen MR) is 126 cm³/mol. The number of quaternary nitrogens is 1. The van der Waals surface area contributed by atoms with Crippen LogP contribution in [0.15, 0.2) is 34.6 Å². The Kier molecular flexibility index (Phi) is 7.23. The lowest BCUT2D eigenvalue weighted by atomic mass is 10.3. The second kappa shape index (κ2) is 9.48. The van der Waals surface area contributed by atoms with Crippen molar-refractivity contribution in [2.75, 3.05) is 40.0 Å². The van der Waals surface area contributed by atoms with Crippen molar-refractivity contribution in [3.8, 4) is 5.75 Å². The number of hydrogen-bond acceptors (Lipinski definition) is 6. The van der Waals surface area contributed by atoms with Gasteiger partial charge in [0.05, 0.1) is 34.3 Å². The van der Waals surface area contributed by atoms with Gasteiger partial charge in [-0.25, -0.2) is 15.0 Å². The highest BCUT2D eigenvalue weighted by atomic mass is 127. The minimum atomic E-state index is 0.415. The number of imidazole rings is 1. The number of nitrogens with zero attached hydrogens (tertiary/aromatic N) is 5. The smallest absolute Gasteiger partial charge is 0.175 e. The van der Waals surface area contributed by atoms with Crippen LogP contribution in [0, 0.1) is 3.57 Å². The van der Waals surface area contributed by atoms with Gasteiger partial charge in [-0.3, -0.25) is 0 Å². The number of aryl methyl sites for hydroxylation is 1. The van der Waals surface area contributed by atoms with Crippen LogP contribution in [-0.2, 0) is 6.54 Å². The van der Waals surface area contributed by atoms with Crippen molar-refractivity contribution >= 4 is 51.3 Å². The zero-order chi connectivity index (χ0) is 21.0. The maximum Gasteiger partial charge on any atom is 0.175 e. The number of fused-ring (bicyclic) bond motifs is 1. The molecule has 2 N–H and O–H groups in total. The summed E-state index contributed by atoms with van der Waals surface area (Å²) < 4.78 is 9.71. The molecule has 0 amide bonds. The molecule has 2 aromatic heterocycles. The van der Waals surface area contributed by atoms with E-state index in [1.807, 2.05) is 18.2 Å². The Labute approximate surface area is 189 Å². The fourth-order valence-electron chi connectivity index (χ4n) is 3.37. The third kappa shape index (κ3) is 5.32. The second-order valence-electron chi connectivity index (χ2n) is 7.61. The number of nitrogens with two attached hydrogens (primary N) is 1. The van der Waals surface area contributed by atoms with Crippen LogP contribution in [0.3, 0.4) is 0 Å². The topological polar surface area (TPSA) is 78.9 Å². The molecule has 0 spiro atoms. The van der Waals surface area contributed by atoms with E-state index in [1.54, 1.807) is 18.9 Å². The number of methoxy groups -OCH3 is 1. The summed E-state index contributed by atoms with van der Waals surface area (Å²) >= 11 is 3.95. The largest absolute Gasteiger partial charge is 0.497 e. The summed E-state index contributed by atoms with van der Waals surface area (Å²) in [6.07, 6.45) is 3.72. The summed E-state index contributed by atoms with van der Waals surface area (Å²) in [5.41, 5.74) is 7.54. The molecule has 0 aliphatic heterocycles. The van der Waals surface area contributed by atoms with Gasteiger partial charge in [-0.05, 0) is 47.2 Å². The second-order valence-corrected chi connectivity index (χ2v) is 9.78. The molecule has 0 saturated heterocycles. The molecule has 1 aromatic carbocycles. The zero-order valence-electron chi connectivity index (χ0n) is 17.4. The number of aromatic nitrogens is 4. The van der Waals surface area contributed by atoms with Crippen LogP contribution in [0.1, 0.15) is 19.8 Å². The number of hydrogen-bond donors (Lipinski definition) is 1. The van der Waals surface area contributed by atoms with E-state index < -0.39 is 0 Å². The van der Waals surface area contributed by atoms with E-state index in [-0.39, 0.29) is 0 Å². The van der Waals surface area contributed by atoms with Gasteiger partial charge in [0.25, 0.3) is 0 Å². The van der Waals surface area contributed by atoms with Gasteiger partial charge >= 0.3 is 0 Å². The number of rotatable bonds is 9. The predicted octanol–water partition coefficient (Wildman–Crippen LogP) is 4.05.